The van der Waals surface area contributed by atoms with E-state index in [2.05, 4.69) is 28.7 Å². The molecule has 6 nitrogen and oxygen atoms in total. The van der Waals surface area contributed by atoms with Gasteiger partial charge in [-0.05, 0) is 43.4 Å². The Labute approximate surface area is 158 Å². The molecule has 0 radical (unpaired) electrons. The summed E-state index contributed by atoms with van der Waals surface area (Å²) in [6, 6.07) is 13.0. The van der Waals surface area contributed by atoms with E-state index in [1.807, 2.05) is 24.3 Å². The standard InChI is InChI=1S/C21H25N3O3/c1-3-24(4-2)10-11-27-17-7-5-6-16(12-17)21-22-18-9-8-15(20(26)14-25)13-19(18)23-21/h5-9,12-13,25H,3-4,10-11,14H2,1-2H3,(H,22,23). The Balaban J connectivity index is 1.77. The van der Waals surface area contributed by atoms with E-state index in [0.29, 0.717) is 18.0 Å². The maximum Gasteiger partial charge on any atom is 0.188 e. The van der Waals surface area contributed by atoms with Crippen molar-refractivity contribution in [1.29, 1.82) is 0 Å². The number of H-pyrrole nitrogens is 1. The van der Waals surface area contributed by atoms with Crippen molar-refractivity contribution in [2.45, 2.75) is 13.8 Å². The smallest absolute Gasteiger partial charge is 0.188 e. The average molecular weight is 367 g/mol. The summed E-state index contributed by atoms with van der Waals surface area (Å²) in [5.74, 6) is 1.21. The molecule has 0 atom stereocenters. The Morgan fingerprint density at radius 1 is 1.19 bits per heavy atom. The lowest BCUT2D eigenvalue weighted by atomic mass is 10.1. The van der Waals surface area contributed by atoms with E-state index in [1.165, 1.54) is 0 Å². The zero-order valence-electron chi connectivity index (χ0n) is 15.7. The van der Waals surface area contributed by atoms with Crippen LogP contribution in [0, 0.1) is 0 Å². The Kier molecular flexibility index (Phi) is 6.21. The monoisotopic (exact) mass is 367 g/mol. The van der Waals surface area contributed by atoms with Gasteiger partial charge in [-0.1, -0.05) is 26.0 Å². The van der Waals surface area contributed by atoms with Crippen LogP contribution in [0.2, 0.25) is 0 Å². The predicted octanol–water partition coefficient (Wildman–Crippen LogP) is 3.13. The van der Waals surface area contributed by atoms with Crippen molar-refractivity contribution in [3.05, 3.63) is 48.0 Å². The number of aromatic amines is 1. The number of rotatable bonds is 9. The van der Waals surface area contributed by atoms with Crippen LogP contribution in [0.3, 0.4) is 0 Å². The van der Waals surface area contributed by atoms with E-state index >= 15 is 0 Å². The fourth-order valence-corrected chi connectivity index (χ4v) is 2.98. The van der Waals surface area contributed by atoms with E-state index in [0.717, 1.165) is 42.0 Å². The van der Waals surface area contributed by atoms with E-state index in [-0.39, 0.29) is 5.78 Å². The number of nitrogens with zero attached hydrogens (tertiary/aromatic N) is 2. The number of nitrogens with one attached hydrogen (secondary N) is 1. The lowest BCUT2D eigenvalue weighted by Gasteiger charge is -2.18. The molecule has 0 fully saturated rings. The van der Waals surface area contributed by atoms with Gasteiger partial charge < -0.3 is 19.7 Å². The molecule has 0 spiro atoms. The number of ketones is 1. The first-order valence-electron chi connectivity index (χ1n) is 9.24. The Bertz CT molecular complexity index is 916. The van der Waals surface area contributed by atoms with Gasteiger partial charge in [0.25, 0.3) is 0 Å². The first kappa shape index (κ1) is 19.1. The number of imidazole rings is 1. The highest BCUT2D eigenvalue weighted by atomic mass is 16.5. The number of carbonyl (C=O) groups is 1. The van der Waals surface area contributed by atoms with E-state index in [9.17, 15) is 4.79 Å². The number of Topliss-reactive ketones (excluding diaryl/α,β-unsaturated/α-hetero) is 1. The van der Waals surface area contributed by atoms with Gasteiger partial charge in [-0.25, -0.2) is 4.98 Å². The molecule has 6 heteroatoms. The number of benzene rings is 2. The molecule has 1 heterocycles. The third kappa shape index (κ3) is 4.53. The molecule has 1 aromatic heterocycles. The second-order valence-electron chi connectivity index (χ2n) is 6.30. The van der Waals surface area contributed by atoms with Gasteiger partial charge in [-0.3, -0.25) is 4.79 Å². The maximum atomic E-state index is 11.7. The number of carbonyl (C=O) groups excluding carboxylic acids is 1. The Morgan fingerprint density at radius 3 is 2.74 bits per heavy atom. The third-order valence-electron chi connectivity index (χ3n) is 4.63. The lowest BCUT2D eigenvalue weighted by molar-refractivity contribution is 0.0904. The number of fused-ring (bicyclic) bond motifs is 1. The molecule has 0 saturated carbocycles. The first-order chi connectivity index (χ1) is 13.1. The van der Waals surface area contributed by atoms with Gasteiger partial charge in [0.05, 0.1) is 11.0 Å². The molecule has 0 unspecified atom stereocenters. The molecular formula is C21H25N3O3. The van der Waals surface area contributed by atoms with Gasteiger partial charge >= 0.3 is 0 Å². The maximum absolute atomic E-state index is 11.7. The van der Waals surface area contributed by atoms with Crippen LogP contribution < -0.4 is 4.74 Å². The molecule has 2 N–H and O–H groups in total. The summed E-state index contributed by atoms with van der Waals surface area (Å²) < 4.78 is 5.89. The van der Waals surface area contributed by atoms with E-state index in [1.54, 1.807) is 18.2 Å². The molecule has 27 heavy (non-hydrogen) atoms. The normalized spacial score (nSPS) is 11.3. The summed E-state index contributed by atoms with van der Waals surface area (Å²) in [6.45, 7) is 7.34. The zero-order valence-corrected chi connectivity index (χ0v) is 15.7. The van der Waals surface area contributed by atoms with Crippen LogP contribution in [0.4, 0.5) is 0 Å². The average Bonchev–Trinajstić information content (AvgIpc) is 3.14. The number of aliphatic hydroxyl groups is 1. The minimum absolute atomic E-state index is 0.309. The van der Waals surface area contributed by atoms with Crippen LogP contribution in [0.5, 0.6) is 5.75 Å². The predicted molar refractivity (Wildman–Crippen MR) is 106 cm³/mol. The highest BCUT2D eigenvalue weighted by molar-refractivity contribution is 5.99. The number of hydrogen-bond donors (Lipinski definition) is 2. The summed E-state index contributed by atoms with van der Waals surface area (Å²) in [5.41, 5.74) is 2.92. The second-order valence-corrected chi connectivity index (χ2v) is 6.30. The van der Waals surface area contributed by atoms with Crippen LogP contribution >= 0.6 is 0 Å². The lowest BCUT2D eigenvalue weighted by Crippen LogP contribution is -2.27. The van der Waals surface area contributed by atoms with E-state index in [4.69, 9.17) is 9.84 Å². The molecule has 3 aromatic rings. The number of likely N-dealkylation sites (N-methyl/N-ethyl adjacent to an activating group) is 1. The van der Waals surface area contributed by atoms with Gasteiger partial charge in [0.15, 0.2) is 5.78 Å². The highest BCUT2D eigenvalue weighted by Crippen LogP contribution is 2.24. The number of aliphatic hydroxyl groups excluding tert-OH is 1. The summed E-state index contributed by atoms with van der Waals surface area (Å²) in [6.07, 6.45) is 0. The first-order valence-corrected chi connectivity index (χ1v) is 9.24. The van der Waals surface area contributed by atoms with Gasteiger partial charge in [-0.2, -0.15) is 0 Å². The fraction of sp³-hybridized carbons (Fsp3) is 0.333. The molecule has 2 aromatic carbocycles. The minimum atomic E-state index is -0.501. The molecular weight excluding hydrogens is 342 g/mol. The summed E-state index contributed by atoms with van der Waals surface area (Å²) in [4.78, 5) is 21.8. The van der Waals surface area contributed by atoms with Crippen molar-refractivity contribution in [3.8, 4) is 17.1 Å². The number of hydrogen-bond acceptors (Lipinski definition) is 5. The summed E-state index contributed by atoms with van der Waals surface area (Å²) >= 11 is 0. The SMILES string of the molecule is CCN(CC)CCOc1cccc(-c2nc3ccc(C(=O)CO)cc3[nH]2)c1. The van der Waals surface area contributed by atoms with Crippen LogP contribution in [0.15, 0.2) is 42.5 Å². The van der Waals surface area contributed by atoms with Crippen LogP contribution in [-0.4, -0.2) is 58.6 Å². The summed E-state index contributed by atoms with van der Waals surface area (Å²) in [5, 5.41) is 9.02. The molecule has 0 aliphatic rings. The van der Waals surface area contributed by atoms with Crippen LogP contribution in [0.1, 0.15) is 24.2 Å². The van der Waals surface area contributed by atoms with Crippen molar-refractivity contribution in [2.75, 3.05) is 32.8 Å². The summed E-state index contributed by atoms with van der Waals surface area (Å²) in [7, 11) is 0. The Morgan fingerprint density at radius 2 is 2.00 bits per heavy atom. The van der Waals surface area contributed by atoms with Gasteiger partial charge in [0, 0.05) is 17.7 Å². The Hall–Kier alpha value is -2.70. The van der Waals surface area contributed by atoms with E-state index < -0.39 is 6.61 Å². The van der Waals surface area contributed by atoms with Gasteiger partial charge in [-0.15, -0.1) is 0 Å². The quantitative estimate of drug-likeness (QED) is 0.568. The number of ether oxygens (including phenoxy) is 1. The van der Waals surface area contributed by atoms with Crippen molar-refractivity contribution in [2.24, 2.45) is 0 Å². The minimum Gasteiger partial charge on any atom is -0.492 e. The molecule has 0 bridgehead atoms. The molecule has 0 amide bonds. The van der Waals surface area contributed by atoms with Crippen LogP contribution in [-0.2, 0) is 0 Å². The molecule has 142 valence electrons. The topological polar surface area (TPSA) is 78.4 Å². The van der Waals surface area contributed by atoms with Crippen molar-refractivity contribution < 1.29 is 14.6 Å². The largest absolute Gasteiger partial charge is 0.492 e. The fourth-order valence-electron chi connectivity index (χ4n) is 2.98. The number of aromatic nitrogens is 2. The molecule has 0 saturated heterocycles. The van der Waals surface area contributed by atoms with Crippen molar-refractivity contribution >= 4 is 16.8 Å². The molecule has 0 aliphatic heterocycles. The van der Waals surface area contributed by atoms with Gasteiger partial charge in [0.1, 0.15) is 24.8 Å². The second kappa shape index (κ2) is 8.79. The highest BCUT2D eigenvalue weighted by Gasteiger charge is 2.10. The third-order valence-corrected chi connectivity index (χ3v) is 4.63. The van der Waals surface area contributed by atoms with Crippen LogP contribution in [0.25, 0.3) is 22.4 Å². The van der Waals surface area contributed by atoms with Crippen molar-refractivity contribution in [1.82, 2.24) is 14.9 Å². The van der Waals surface area contributed by atoms with Crippen molar-refractivity contribution in [3.63, 3.8) is 0 Å². The molecule has 3 rings (SSSR count). The zero-order chi connectivity index (χ0) is 19.2. The van der Waals surface area contributed by atoms with Gasteiger partial charge in [0.2, 0.25) is 0 Å². The molecule has 0 aliphatic carbocycles.